The molecule has 1 aliphatic rings. The van der Waals surface area contributed by atoms with Crippen LogP contribution < -0.4 is 0 Å². The topological polar surface area (TPSA) is 59.5 Å². The van der Waals surface area contributed by atoms with Crippen molar-refractivity contribution in [3.8, 4) is 17.1 Å². The number of hydrogen-bond acceptors (Lipinski definition) is 3. The van der Waals surface area contributed by atoms with Crippen LogP contribution in [-0.2, 0) is 6.54 Å². The van der Waals surface area contributed by atoms with E-state index in [4.69, 9.17) is 5.10 Å². The van der Waals surface area contributed by atoms with E-state index in [1.807, 2.05) is 24.3 Å². The zero-order valence-corrected chi connectivity index (χ0v) is 15.4. The van der Waals surface area contributed by atoms with Gasteiger partial charge in [0.2, 0.25) is 0 Å². The van der Waals surface area contributed by atoms with Crippen molar-refractivity contribution in [1.29, 1.82) is 0 Å². The first-order valence-corrected chi connectivity index (χ1v) is 9.34. The van der Waals surface area contributed by atoms with Crippen molar-refractivity contribution in [3.63, 3.8) is 0 Å². The molecule has 27 heavy (non-hydrogen) atoms. The van der Waals surface area contributed by atoms with Crippen LogP contribution in [0.1, 0.15) is 35.7 Å². The van der Waals surface area contributed by atoms with Gasteiger partial charge in [0.1, 0.15) is 11.4 Å². The summed E-state index contributed by atoms with van der Waals surface area (Å²) in [6.45, 7) is 4.52. The van der Waals surface area contributed by atoms with Crippen molar-refractivity contribution in [1.82, 2.24) is 14.2 Å². The molecule has 0 spiro atoms. The first kappa shape index (κ1) is 16.1. The Labute approximate surface area is 156 Å². The SMILES string of the molecule is CC(=O)c1ccc2c(C)c(-c3cc4cccc(O)c4n3CC3CC3)nn2c1. The Hall–Kier alpha value is -3.08. The normalized spacial score (nSPS) is 14.3. The average molecular weight is 359 g/mol. The summed E-state index contributed by atoms with van der Waals surface area (Å²) in [5, 5.41) is 16.3. The van der Waals surface area contributed by atoms with E-state index in [1.165, 1.54) is 12.8 Å². The Morgan fingerprint density at radius 3 is 2.81 bits per heavy atom. The van der Waals surface area contributed by atoms with Gasteiger partial charge in [0, 0.05) is 29.3 Å². The summed E-state index contributed by atoms with van der Waals surface area (Å²) in [7, 11) is 0. The molecule has 0 amide bonds. The van der Waals surface area contributed by atoms with Gasteiger partial charge in [-0.05, 0) is 56.9 Å². The van der Waals surface area contributed by atoms with Gasteiger partial charge in [-0.3, -0.25) is 4.79 Å². The van der Waals surface area contributed by atoms with Crippen LogP contribution in [0.4, 0.5) is 0 Å². The molecule has 0 saturated heterocycles. The molecule has 5 heteroatoms. The van der Waals surface area contributed by atoms with Gasteiger partial charge in [0.05, 0.1) is 16.7 Å². The lowest BCUT2D eigenvalue weighted by Crippen LogP contribution is -2.03. The number of phenols is 1. The number of aromatic nitrogens is 3. The summed E-state index contributed by atoms with van der Waals surface area (Å²) in [5.74, 6) is 1.000. The second-order valence-corrected chi connectivity index (χ2v) is 7.58. The second kappa shape index (κ2) is 5.71. The number of benzene rings is 1. The molecule has 5 rings (SSSR count). The highest BCUT2D eigenvalue weighted by Gasteiger charge is 2.26. The molecule has 1 aromatic carbocycles. The number of aryl methyl sites for hydroxylation is 1. The lowest BCUT2D eigenvalue weighted by atomic mass is 10.1. The van der Waals surface area contributed by atoms with Gasteiger partial charge in [-0.25, -0.2) is 4.52 Å². The van der Waals surface area contributed by atoms with E-state index in [9.17, 15) is 9.90 Å². The van der Waals surface area contributed by atoms with Crippen molar-refractivity contribution in [2.75, 3.05) is 0 Å². The third-order valence-electron chi connectivity index (χ3n) is 5.56. The number of rotatable bonds is 4. The van der Waals surface area contributed by atoms with E-state index in [1.54, 1.807) is 23.7 Å². The van der Waals surface area contributed by atoms with Crippen molar-refractivity contribution in [2.24, 2.45) is 5.92 Å². The van der Waals surface area contributed by atoms with E-state index in [2.05, 4.69) is 17.6 Å². The summed E-state index contributed by atoms with van der Waals surface area (Å²) >= 11 is 0. The molecular formula is C22H21N3O2. The van der Waals surface area contributed by atoms with Crippen LogP contribution in [0.15, 0.2) is 42.6 Å². The van der Waals surface area contributed by atoms with E-state index in [-0.39, 0.29) is 5.78 Å². The molecule has 0 aliphatic heterocycles. The maximum Gasteiger partial charge on any atom is 0.161 e. The number of para-hydroxylation sites is 1. The van der Waals surface area contributed by atoms with Gasteiger partial charge >= 0.3 is 0 Å². The standard InChI is InChI=1S/C22H21N3O2/c1-13-18-9-8-17(14(2)26)12-25(18)23-21(13)19-10-16-4-3-5-20(27)22(16)24(19)11-15-6-7-15/h3-5,8-10,12,15,27H,6-7,11H2,1-2H3. The number of Topliss-reactive ketones (excluding diaryl/α,β-unsaturated/α-hetero) is 1. The van der Waals surface area contributed by atoms with E-state index in [0.29, 0.717) is 17.2 Å². The molecule has 0 bridgehead atoms. The van der Waals surface area contributed by atoms with Crippen LogP contribution in [0, 0.1) is 12.8 Å². The zero-order valence-electron chi connectivity index (χ0n) is 15.4. The molecule has 3 aromatic heterocycles. The van der Waals surface area contributed by atoms with Crippen LogP contribution in [0.25, 0.3) is 27.8 Å². The third kappa shape index (κ3) is 2.53. The number of fused-ring (bicyclic) bond motifs is 2. The van der Waals surface area contributed by atoms with E-state index in [0.717, 1.165) is 39.9 Å². The Morgan fingerprint density at radius 2 is 2.07 bits per heavy atom. The molecule has 1 aliphatic carbocycles. The van der Waals surface area contributed by atoms with Gasteiger partial charge in [-0.15, -0.1) is 0 Å². The number of nitrogens with zero attached hydrogens (tertiary/aromatic N) is 3. The molecule has 136 valence electrons. The van der Waals surface area contributed by atoms with Crippen molar-refractivity contribution < 1.29 is 9.90 Å². The van der Waals surface area contributed by atoms with Crippen LogP contribution in [0.3, 0.4) is 0 Å². The minimum atomic E-state index is 0.0272. The van der Waals surface area contributed by atoms with Gasteiger partial charge in [0.15, 0.2) is 5.78 Å². The lowest BCUT2D eigenvalue weighted by molar-refractivity contribution is 0.101. The smallest absolute Gasteiger partial charge is 0.161 e. The fourth-order valence-electron chi connectivity index (χ4n) is 3.87. The minimum Gasteiger partial charge on any atom is -0.506 e. The minimum absolute atomic E-state index is 0.0272. The summed E-state index contributed by atoms with van der Waals surface area (Å²) in [6.07, 6.45) is 4.26. The highest BCUT2D eigenvalue weighted by atomic mass is 16.3. The Morgan fingerprint density at radius 1 is 1.26 bits per heavy atom. The number of pyridine rings is 1. The monoisotopic (exact) mass is 359 g/mol. The lowest BCUT2D eigenvalue weighted by Gasteiger charge is -2.10. The molecule has 0 atom stereocenters. The van der Waals surface area contributed by atoms with Crippen molar-refractivity contribution >= 4 is 22.2 Å². The maximum atomic E-state index is 11.7. The first-order valence-electron chi connectivity index (χ1n) is 9.34. The predicted molar refractivity (Wildman–Crippen MR) is 105 cm³/mol. The molecule has 1 fully saturated rings. The Balaban J connectivity index is 1.76. The van der Waals surface area contributed by atoms with Crippen LogP contribution in [-0.4, -0.2) is 25.1 Å². The summed E-state index contributed by atoms with van der Waals surface area (Å²) in [4.78, 5) is 11.7. The molecular weight excluding hydrogens is 338 g/mol. The fraction of sp³-hybridized carbons (Fsp3) is 0.273. The number of phenolic OH excluding ortho intramolecular Hbond substituents is 1. The fourth-order valence-corrected chi connectivity index (χ4v) is 3.87. The third-order valence-corrected chi connectivity index (χ3v) is 5.56. The van der Waals surface area contributed by atoms with Gasteiger partial charge < -0.3 is 9.67 Å². The molecule has 0 radical (unpaired) electrons. The molecule has 4 aromatic rings. The number of carbonyl (C=O) groups excluding carboxylic acids is 1. The predicted octanol–water partition coefficient (Wildman–Crippen LogP) is 4.58. The number of aromatic hydroxyl groups is 1. The molecule has 3 heterocycles. The van der Waals surface area contributed by atoms with Gasteiger partial charge in [-0.1, -0.05) is 12.1 Å². The Kier molecular flexibility index (Phi) is 3.41. The highest BCUT2D eigenvalue weighted by Crippen LogP contribution is 2.39. The molecule has 1 N–H and O–H groups in total. The Bertz CT molecular complexity index is 1210. The first-order chi connectivity index (χ1) is 13.0. The number of ketones is 1. The summed E-state index contributed by atoms with van der Waals surface area (Å²) in [5.41, 5.74) is 5.50. The van der Waals surface area contributed by atoms with E-state index < -0.39 is 0 Å². The van der Waals surface area contributed by atoms with Crippen LogP contribution in [0.2, 0.25) is 0 Å². The zero-order chi connectivity index (χ0) is 18.7. The largest absolute Gasteiger partial charge is 0.506 e. The van der Waals surface area contributed by atoms with Crippen molar-refractivity contribution in [3.05, 3.63) is 53.7 Å². The quantitative estimate of drug-likeness (QED) is 0.543. The van der Waals surface area contributed by atoms with Crippen LogP contribution in [0.5, 0.6) is 5.75 Å². The molecule has 0 unspecified atom stereocenters. The summed E-state index contributed by atoms with van der Waals surface area (Å²) in [6, 6.07) is 11.6. The van der Waals surface area contributed by atoms with Crippen LogP contribution >= 0.6 is 0 Å². The van der Waals surface area contributed by atoms with E-state index >= 15 is 0 Å². The number of carbonyl (C=O) groups is 1. The second-order valence-electron chi connectivity index (χ2n) is 7.58. The molecule has 1 saturated carbocycles. The molecule has 5 nitrogen and oxygen atoms in total. The maximum absolute atomic E-state index is 11.7. The highest BCUT2D eigenvalue weighted by molar-refractivity contribution is 5.94. The average Bonchev–Trinajstić information content (AvgIpc) is 3.30. The van der Waals surface area contributed by atoms with Gasteiger partial charge in [0.25, 0.3) is 0 Å². The van der Waals surface area contributed by atoms with Crippen molar-refractivity contribution in [2.45, 2.75) is 33.2 Å². The summed E-state index contributed by atoms with van der Waals surface area (Å²) < 4.78 is 4.00. The number of hydrogen-bond donors (Lipinski definition) is 1. The van der Waals surface area contributed by atoms with Gasteiger partial charge in [-0.2, -0.15) is 5.10 Å².